The summed E-state index contributed by atoms with van der Waals surface area (Å²) in [5, 5.41) is 0. The topological polar surface area (TPSA) is 145 Å². The van der Waals surface area contributed by atoms with Crippen LogP contribution in [0.15, 0.2) is 0 Å². The van der Waals surface area contributed by atoms with E-state index in [4.69, 9.17) is 20.9 Å². The Bertz CT molecular complexity index is 652. The molecule has 0 radical (unpaired) electrons. The number of rotatable bonds is 2. The molecule has 0 aromatic carbocycles. The van der Waals surface area contributed by atoms with E-state index < -0.39 is 11.2 Å². The van der Waals surface area contributed by atoms with Crippen LogP contribution in [0.4, 0.5) is 9.59 Å². The minimum absolute atomic E-state index is 0.174. The average Bonchev–Trinajstić information content (AvgIpc) is 3.15. The summed E-state index contributed by atoms with van der Waals surface area (Å²) in [5.41, 5.74) is 9.50. The van der Waals surface area contributed by atoms with Crippen molar-refractivity contribution in [2.75, 3.05) is 13.1 Å². The zero-order valence-corrected chi connectivity index (χ0v) is 20.6. The Morgan fingerprint density at radius 2 is 0.969 bits per heavy atom. The molecule has 2 saturated heterocycles. The molecule has 2 aliphatic rings. The number of ether oxygens (including phenoxy) is 2. The molecule has 0 aromatic rings. The van der Waals surface area contributed by atoms with Crippen LogP contribution in [0, 0.1) is 11.8 Å². The smallest absolute Gasteiger partial charge is 0.410 e. The van der Waals surface area contributed by atoms with E-state index in [-0.39, 0.29) is 47.9 Å². The normalized spacial score (nSPS) is 25.6. The largest absolute Gasteiger partial charge is 0.444 e. The fourth-order valence-corrected chi connectivity index (χ4v) is 3.80. The van der Waals surface area contributed by atoms with Gasteiger partial charge in [-0.05, 0) is 68.2 Å². The van der Waals surface area contributed by atoms with Crippen molar-refractivity contribution in [3.05, 3.63) is 0 Å². The van der Waals surface area contributed by atoms with Gasteiger partial charge in [-0.1, -0.05) is 0 Å². The zero-order valence-electron chi connectivity index (χ0n) is 20.6. The van der Waals surface area contributed by atoms with Crippen LogP contribution in [0.2, 0.25) is 0 Å². The van der Waals surface area contributed by atoms with E-state index in [2.05, 4.69) is 0 Å². The van der Waals surface area contributed by atoms with Crippen molar-refractivity contribution in [3.8, 4) is 0 Å². The summed E-state index contributed by atoms with van der Waals surface area (Å²) < 4.78 is 10.5. The highest BCUT2D eigenvalue weighted by atomic mass is 16.6. The Kier molecular flexibility index (Phi) is 8.94. The maximum Gasteiger partial charge on any atom is 0.410 e. The number of carbonyl (C=O) groups is 4. The molecule has 0 spiro atoms. The standard InChI is InChI=1S/2C11H20N2O3/c2*1-7-8(9(12)14)5-6-13(7)10(15)16-11(2,3)4/h2*7-8H,5-6H2,1-4H3,(H2,12,14)/t7-,8+;7-,8-/m11/s1. The molecule has 0 bridgehead atoms. The van der Waals surface area contributed by atoms with E-state index >= 15 is 0 Å². The van der Waals surface area contributed by atoms with Crippen LogP contribution in [0.3, 0.4) is 0 Å². The van der Waals surface area contributed by atoms with E-state index in [0.717, 1.165) is 0 Å². The summed E-state index contributed by atoms with van der Waals surface area (Å²) in [6.45, 7) is 15.6. The molecular formula is C22H40N4O6. The first-order valence-electron chi connectivity index (χ1n) is 11.0. The lowest BCUT2D eigenvalue weighted by Gasteiger charge is -2.27. The summed E-state index contributed by atoms with van der Waals surface area (Å²) in [7, 11) is 0. The molecule has 0 aromatic heterocycles. The Hall–Kier alpha value is -2.52. The number of carbonyl (C=O) groups excluding carboxylic acids is 4. The third-order valence-electron chi connectivity index (χ3n) is 5.50. The van der Waals surface area contributed by atoms with Gasteiger partial charge in [0.05, 0.1) is 11.8 Å². The van der Waals surface area contributed by atoms with Crippen LogP contribution in [0.25, 0.3) is 0 Å². The van der Waals surface area contributed by atoms with Crippen LogP contribution in [0.1, 0.15) is 68.2 Å². The molecule has 0 saturated carbocycles. The molecule has 10 heteroatoms. The van der Waals surface area contributed by atoms with Gasteiger partial charge in [0, 0.05) is 25.2 Å². The monoisotopic (exact) mass is 456 g/mol. The highest BCUT2D eigenvalue weighted by Crippen LogP contribution is 2.26. The number of nitrogens with zero attached hydrogens (tertiary/aromatic N) is 2. The predicted molar refractivity (Wildman–Crippen MR) is 119 cm³/mol. The van der Waals surface area contributed by atoms with E-state index in [1.807, 2.05) is 55.4 Å². The van der Waals surface area contributed by atoms with Crippen molar-refractivity contribution in [2.45, 2.75) is 91.5 Å². The summed E-state index contributed by atoms with van der Waals surface area (Å²) in [6.07, 6.45) is 0.498. The maximum atomic E-state index is 11.8. The fraction of sp³-hybridized carbons (Fsp3) is 0.818. The molecule has 4 amide bonds. The van der Waals surface area contributed by atoms with Gasteiger partial charge in [0.2, 0.25) is 11.8 Å². The first kappa shape index (κ1) is 27.5. The van der Waals surface area contributed by atoms with Crippen molar-refractivity contribution in [3.63, 3.8) is 0 Å². The van der Waals surface area contributed by atoms with Gasteiger partial charge in [-0.2, -0.15) is 0 Å². The summed E-state index contributed by atoms with van der Waals surface area (Å²) in [5.74, 6) is -1.21. The van der Waals surface area contributed by atoms with E-state index in [1.165, 1.54) is 0 Å². The van der Waals surface area contributed by atoms with Gasteiger partial charge in [-0.25, -0.2) is 9.59 Å². The molecule has 32 heavy (non-hydrogen) atoms. The Morgan fingerprint density at radius 1 is 0.688 bits per heavy atom. The van der Waals surface area contributed by atoms with Crippen LogP contribution < -0.4 is 11.5 Å². The summed E-state index contributed by atoms with van der Waals surface area (Å²) >= 11 is 0. The van der Waals surface area contributed by atoms with Crippen molar-refractivity contribution >= 4 is 24.0 Å². The lowest BCUT2D eigenvalue weighted by Crippen LogP contribution is -2.42. The third kappa shape index (κ3) is 7.87. The van der Waals surface area contributed by atoms with Crippen LogP contribution in [-0.2, 0) is 19.1 Å². The summed E-state index contributed by atoms with van der Waals surface area (Å²) in [4.78, 5) is 48.9. The molecule has 2 aliphatic heterocycles. The van der Waals surface area contributed by atoms with Gasteiger partial charge >= 0.3 is 12.2 Å². The number of amides is 4. The van der Waals surface area contributed by atoms with Crippen molar-refractivity contribution < 1.29 is 28.7 Å². The van der Waals surface area contributed by atoms with Gasteiger partial charge in [0.1, 0.15) is 11.2 Å². The SMILES string of the molecule is C[C@@H]1[C@@H](C(N)=O)CCN1C(=O)OC(C)(C)C.C[C@@H]1[C@H](C(N)=O)CCN1C(=O)OC(C)(C)C. The van der Waals surface area contributed by atoms with Gasteiger partial charge < -0.3 is 30.7 Å². The van der Waals surface area contributed by atoms with E-state index in [0.29, 0.717) is 25.9 Å². The number of primary amides is 2. The van der Waals surface area contributed by atoms with Crippen molar-refractivity contribution in [1.29, 1.82) is 0 Å². The second kappa shape index (κ2) is 10.4. The highest BCUT2D eigenvalue weighted by Gasteiger charge is 2.39. The lowest BCUT2D eigenvalue weighted by atomic mass is 10.0. The molecule has 10 nitrogen and oxygen atoms in total. The number of hydrogen-bond donors (Lipinski definition) is 2. The van der Waals surface area contributed by atoms with Crippen molar-refractivity contribution in [2.24, 2.45) is 23.3 Å². The van der Waals surface area contributed by atoms with Gasteiger partial charge in [0.15, 0.2) is 0 Å². The van der Waals surface area contributed by atoms with E-state index in [1.54, 1.807) is 9.80 Å². The molecule has 2 heterocycles. The first-order valence-corrected chi connectivity index (χ1v) is 11.0. The molecule has 4 N–H and O–H groups in total. The fourth-order valence-electron chi connectivity index (χ4n) is 3.80. The maximum absolute atomic E-state index is 11.8. The Labute approximate surface area is 190 Å². The van der Waals surface area contributed by atoms with Crippen LogP contribution in [-0.4, -0.2) is 70.2 Å². The van der Waals surface area contributed by atoms with Crippen LogP contribution in [0.5, 0.6) is 0 Å². The minimum Gasteiger partial charge on any atom is -0.444 e. The molecule has 2 rings (SSSR count). The quantitative estimate of drug-likeness (QED) is 0.652. The molecule has 4 atom stereocenters. The van der Waals surface area contributed by atoms with Crippen LogP contribution >= 0.6 is 0 Å². The minimum atomic E-state index is -0.512. The second-order valence-corrected chi connectivity index (χ2v) is 10.4. The highest BCUT2D eigenvalue weighted by molar-refractivity contribution is 5.80. The Balaban J connectivity index is 0.000000320. The molecule has 0 aliphatic carbocycles. The number of hydrogen-bond acceptors (Lipinski definition) is 6. The first-order chi connectivity index (χ1) is 14.4. The number of nitrogens with two attached hydrogens (primary N) is 2. The second-order valence-electron chi connectivity index (χ2n) is 10.4. The predicted octanol–water partition coefficient (Wildman–Crippen LogP) is 2.23. The lowest BCUT2D eigenvalue weighted by molar-refractivity contribution is -0.123. The number of likely N-dealkylation sites (tertiary alicyclic amines) is 2. The Morgan fingerprint density at radius 3 is 1.16 bits per heavy atom. The summed E-state index contributed by atoms with van der Waals surface area (Å²) in [6, 6.07) is -0.348. The molecule has 184 valence electrons. The van der Waals surface area contributed by atoms with Gasteiger partial charge in [-0.3, -0.25) is 9.59 Å². The zero-order chi connectivity index (χ0) is 25.0. The average molecular weight is 457 g/mol. The van der Waals surface area contributed by atoms with Gasteiger partial charge in [-0.15, -0.1) is 0 Å². The molecular weight excluding hydrogens is 416 g/mol. The van der Waals surface area contributed by atoms with Gasteiger partial charge in [0.25, 0.3) is 0 Å². The van der Waals surface area contributed by atoms with Crippen molar-refractivity contribution in [1.82, 2.24) is 9.80 Å². The molecule has 0 unspecified atom stereocenters. The molecule has 2 fully saturated rings. The van der Waals surface area contributed by atoms with E-state index in [9.17, 15) is 19.2 Å². The third-order valence-corrected chi connectivity index (χ3v) is 5.50.